The molecule has 0 unspecified atom stereocenters. The molecule has 3 rings (SSSR count). The van der Waals surface area contributed by atoms with Gasteiger partial charge in [-0.15, -0.1) is 0 Å². The van der Waals surface area contributed by atoms with Crippen molar-refractivity contribution in [3.63, 3.8) is 0 Å². The van der Waals surface area contributed by atoms with Crippen LogP contribution in [0.25, 0.3) is 0 Å². The molecule has 0 fully saturated rings. The van der Waals surface area contributed by atoms with Gasteiger partial charge in [-0.3, -0.25) is 0 Å². The molecule has 0 aliphatic rings. The van der Waals surface area contributed by atoms with Crippen LogP contribution in [0.15, 0.2) is 78.9 Å². The zero-order chi connectivity index (χ0) is 15.4. The van der Waals surface area contributed by atoms with Crippen molar-refractivity contribution in [1.82, 2.24) is 0 Å². The van der Waals surface area contributed by atoms with E-state index in [1.165, 1.54) is 5.56 Å². The van der Waals surface area contributed by atoms with Crippen LogP contribution in [-0.4, -0.2) is 7.11 Å². The lowest BCUT2D eigenvalue weighted by Crippen LogP contribution is -2.12. The third-order valence-corrected chi connectivity index (χ3v) is 3.67. The SMILES string of the molecule is COc1cccc(C)c1N(c1ccccc1)c1ccccc1. The Kier molecular flexibility index (Phi) is 4.10. The molecule has 2 nitrogen and oxygen atoms in total. The lowest BCUT2D eigenvalue weighted by molar-refractivity contribution is 0.415. The normalized spacial score (nSPS) is 10.3. The molecule has 0 N–H and O–H groups in total. The van der Waals surface area contributed by atoms with Gasteiger partial charge in [-0.1, -0.05) is 48.5 Å². The average Bonchev–Trinajstić information content (AvgIpc) is 2.58. The summed E-state index contributed by atoms with van der Waals surface area (Å²) < 4.78 is 5.61. The Balaban J connectivity index is 2.24. The predicted molar refractivity (Wildman–Crippen MR) is 92.4 cm³/mol. The number of aryl methyl sites for hydroxylation is 1. The molecule has 0 aromatic heterocycles. The summed E-state index contributed by atoms with van der Waals surface area (Å²) in [5, 5.41) is 0. The van der Waals surface area contributed by atoms with E-state index >= 15 is 0 Å². The summed E-state index contributed by atoms with van der Waals surface area (Å²) in [6, 6.07) is 26.8. The van der Waals surface area contributed by atoms with E-state index in [1.807, 2.05) is 24.3 Å². The second-order valence-electron chi connectivity index (χ2n) is 5.13. The van der Waals surface area contributed by atoms with Gasteiger partial charge >= 0.3 is 0 Å². The Morgan fingerprint density at radius 3 is 1.73 bits per heavy atom. The van der Waals surface area contributed by atoms with E-state index < -0.39 is 0 Å². The quantitative estimate of drug-likeness (QED) is 0.631. The Labute approximate surface area is 131 Å². The van der Waals surface area contributed by atoms with Crippen LogP contribution in [0.5, 0.6) is 5.75 Å². The maximum Gasteiger partial charge on any atom is 0.143 e. The first-order valence-electron chi connectivity index (χ1n) is 7.35. The van der Waals surface area contributed by atoms with Gasteiger partial charge in [0.05, 0.1) is 12.8 Å². The minimum Gasteiger partial charge on any atom is -0.495 e. The maximum absolute atomic E-state index is 5.61. The van der Waals surface area contributed by atoms with Gasteiger partial charge in [-0.2, -0.15) is 0 Å². The predicted octanol–water partition coefficient (Wildman–Crippen LogP) is 5.47. The Morgan fingerprint density at radius 2 is 1.23 bits per heavy atom. The van der Waals surface area contributed by atoms with Crippen LogP contribution in [0.1, 0.15) is 5.56 Å². The van der Waals surface area contributed by atoms with Gasteiger partial charge in [-0.05, 0) is 42.8 Å². The summed E-state index contributed by atoms with van der Waals surface area (Å²) in [5.41, 5.74) is 4.47. The van der Waals surface area contributed by atoms with E-state index in [2.05, 4.69) is 66.4 Å². The minimum atomic E-state index is 0.868. The smallest absolute Gasteiger partial charge is 0.143 e. The van der Waals surface area contributed by atoms with Gasteiger partial charge in [0.2, 0.25) is 0 Å². The molecule has 3 aromatic carbocycles. The Bertz CT molecular complexity index is 699. The highest BCUT2D eigenvalue weighted by molar-refractivity contribution is 5.82. The van der Waals surface area contributed by atoms with E-state index in [0.717, 1.165) is 22.8 Å². The molecule has 0 amide bonds. The van der Waals surface area contributed by atoms with Crippen LogP contribution in [0.4, 0.5) is 17.1 Å². The highest BCUT2D eigenvalue weighted by Gasteiger charge is 2.18. The van der Waals surface area contributed by atoms with Gasteiger partial charge in [0.1, 0.15) is 5.75 Å². The number of benzene rings is 3. The molecule has 0 spiro atoms. The molecule has 0 bridgehead atoms. The van der Waals surface area contributed by atoms with Crippen LogP contribution in [-0.2, 0) is 0 Å². The third-order valence-electron chi connectivity index (χ3n) is 3.67. The van der Waals surface area contributed by atoms with Gasteiger partial charge in [0.15, 0.2) is 0 Å². The van der Waals surface area contributed by atoms with Crippen molar-refractivity contribution < 1.29 is 4.74 Å². The minimum absolute atomic E-state index is 0.868. The zero-order valence-electron chi connectivity index (χ0n) is 12.9. The van der Waals surface area contributed by atoms with Gasteiger partial charge in [-0.25, -0.2) is 0 Å². The van der Waals surface area contributed by atoms with Gasteiger partial charge in [0.25, 0.3) is 0 Å². The largest absolute Gasteiger partial charge is 0.495 e. The molecule has 0 saturated carbocycles. The number of methoxy groups -OCH3 is 1. The van der Waals surface area contributed by atoms with E-state index in [1.54, 1.807) is 7.11 Å². The van der Waals surface area contributed by atoms with Crippen molar-refractivity contribution in [2.45, 2.75) is 6.92 Å². The number of rotatable bonds is 4. The summed E-state index contributed by atoms with van der Waals surface area (Å²) in [7, 11) is 1.71. The fourth-order valence-electron chi connectivity index (χ4n) is 2.64. The zero-order valence-corrected chi connectivity index (χ0v) is 12.9. The first-order valence-corrected chi connectivity index (χ1v) is 7.35. The summed E-state index contributed by atoms with van der Waals surface area (Å²) in [6.07, 6.45) is 0. The number of anilines is 3. The standard InChI is InChI=1S/C20H19NO/c1-16-10-9-15-19(22-2)20(16)21(17-11-5-3-6-12-17)18-13-7-4-8-14-18/h3-15H,1-2H3. The second-order valence-corrected chi connectivity index (χ2v) is 5.13. The van der Waals surface area contributed by atoms with Crippen molar-refractivity contribution in [2.24, 2.45) is 0 Å². The molecule has 0 atom stereocenters. The molecule has 0 aliphatic carbocycles. The van der Waals surface area contributed by atoms with Crippen LogP contribution in [0.3, 0.4) is 0 Å². The highest BCUT2D eigenvalue weighted by Crippen LogP contribution is 2.41. The van der Waals surface area contributed by atoms with Crippen molar-refractivity contribution in [3.05, 3.63) is 84.4 Å². The number of para-hydroxylation sites is 3. The number of hydrogen-bond donors (Lipinski definition) is 0. The fourth-order valence-corrected chi connectivity index (χ4v) is 2.64. The Hall–Kier alpha value is -2.74. The van der Waals surface area contributed by atoms with E-state index in [4.69, 9.17) is 4.74 Å². The number of ether oxygens (including phenoxy) is 1. The van der Waals surface area contributed by atoms with Crippen molar-refractivity contribution in [1.29, 1.82) is 0 Å². The molecule has 0 radical (unpaired) electrons. The topological polar surface area (TPSA) is 12.5 Å². The van der Waals surface area contributed by atoms with Gasteiger partial charge < -0.3 is 9.64 Å². The summed E-state index contributed by atoms with van der Waals surface area (Å²) >= 11 is 0. The molecule has 0 saturated heterocycles. The van der Waals surface area contributed by atoms with Crippen molar-refractivity contribution >= 4 is 17.1 Å². The van der Waals surface area contributed by atoms with Crippen LogP contribution in [0.2, 0.25) is 0 Å². The third kappa shape index (κ3) is 2.68. The highest BCUT2D eigenvalue weighted by atomic mass is 16.5. The second kappa shape index (κ2) is 6.35. The van der Waals surface area contributed by atoms with Crippen molar-refractivity contribution in [2.75, 3.05) is 12.0 Å². The lowest BCUT2D eigenvalue weighted by Gasteiger charge is -2.28. The summed E-state index contributed by atoms with van der Waals surface area (Å²) in [4.78, 5) is 2.23. The molecular weight excluding hydrogens is 270 g/mol. The van der Waals surface area contributed by atoms with E-state index in [0.29, 0.717) is 0 Å². The average molecular weight is 289 g/mol. The molecule has 3 aromatic rings. The first-order chi connectivity index (χ1) is 10.8. The molecule has 110 valence electrons. The van der Waals surface area contributed by atoms with E-state index in [-0.39, 0.29) is 0 Å². The van der Waals surface area contributed by atoms with Crippen LogP contribution >= 0.6 is 0 Å². The van der Waals surface area contributed by atoms with Crippen molar-refractivity contribution in [3.8, 4) is 5.75 Å². The van der Waals surface area contributed by atoms with Crippen LogP contribution < -0.4 is 9.64 Å². The number of hydrogen-bond acceptors (Lipinski definition) is 2. The summed E-state index contributed by atoms with van der Waals surface area (Å²) in [5.74, 6) is 0.868. The lowest BCUT2D eigenvalue weighted by atomic mass is 10.1. The monoisotopic (exact) mass is 289 g/mol. The Morgan fingerprint density at radius 1 is 0.682 bits per heavy atom. The molecule has 22 heavy (non-hydrogen) atoms. The molecular formula is C20H19NO. The maximum atomic E-state index is 5.61. The first kappa shape index (κ1) is 14.2. The summed E-state index contributed by atoms with van der Waals surface area (Å²) in [6.45, 7) is 2.11. The molecule has 2 heteroatoms. The number of nitrogens with zero attached hydrogens (tertiary/aromatic N) is 1. The molecule has 0 heterocycles. The molecule has 0 aliphatic heterocycles. The van der Waals surface area contributed by atoms with Crippen LogP contribution in [0, 0.1) is 6.92 Å². The van der Waals surface area contributed by atoms with E-state index in [9.17, 15) is 0 Å². The van der Waals surface area contributed by atoms with Gasteiger partial charge in [0, 0.05) is 11.4 Å². The fraction of sp³-hybridized carbons (Fsp3) is 0.100.